The maximum atomic E-state index is 17.0. The maximum Gasteiger partial charge on any atom is 0.407 e. The van der Waals surface area contributed by atoms with Crippen LogP contribution in [0.5, 0.6) is 11.8 Å². The molecule has 14 heteroatoms. The summed E-state index contributed by atoms with van der Waals surface area (Å²) in [5.41, 5.74) is -0.863. The van der Waals surface area contributed by atoms with Gasteiger partial charge in [-0.15, -0.1) is 0 Å². The van der Waals surface area contributed by atoms with E-state index in [0.29, 0.717) is 49.2 Å². The molecule has 0 saturated carbocycles. The quantitative estimate of drug-likeness (QED) is 0.190. The first kappa shape index (κ1) is 36.6. The second-order valence-electron chi connectivity index (χ2n) is 16.4. The second kappa shape index (κ2) is 14.0. The molecule has 2 bridgehead atoms. The molecule has 1 aromatic heterocycles. The largest absolute Gasteiger partial charge is 0.508 e. The summed E-state index contributed by atoms with van der Waals surface area (Å²) in [4.78, 5) is 28.2. The molecule has 4 saturated heterocycles. The summed E-state index contributed by atoms with van der Waals surface area (Å²) < 4.78 is 58.4. The number of benzene rings is 3. The Hall–Kier alpha value is -4.40. The summed E-state index contributed by atoms with van der Waals surface area (Å²) in [7, 11) is 0. The summed E-state index contributed by atoms with van der Waals surface area (Å²) in [6, 6.07) is 10.7. The number of carbonyl (C=O) groups is 1. The van der Waals surface area contributed by atoms with Crippen LogP contribution in [0.1, 0.15) is 52.9 Å². The predicted molar refractivity (Wildman–Crippen MR) is 199 cm³/mol. The molecule has 4 aromatic rings. The second-order valence-corrected chi connectivity index (χ2v) is 16.4. The van der Waals surface area contributed by atoms with Crippen molar-refractivity contribution in [3.8, 4) is 22.9 Å². The van der Waals surface area contributed by atoms with Crippen LogP contribution in [0, 0.1) is 11.6 Å². The number of halogens is 3. The van der Waals surface area contributed by atoms with Crippen LogP contribution in [0.2, 0.25) is 0 Å². The third-order valence-corrected chi connectivity index (χ3v) is 11.4. The summed E-state index contributed by atoms with van der Waals surface area (Å²) in [5.74, 6) is -0.885. The monoisotopic (exact) mass is 748 g/mol. The first-order chi connectivity index (χ1) is 25.8. The van der Waals surface area contributed by atoms with Gasteiger partial charge in [0, 0.05) is 67.6 Å². The van der Waals surface area contributed by atoms with Gasteiger partial charge in [-0.05, 0) is 88.2 Å². The number of phenolic OH excluding ortho intramolecular Hbond substituents is 1. The highest BCUT2D eigenvalue weighted by molar-refractivity contribution is 6.01. The Morgan fingerprint density at radius 2 is 1.85 bits per heavy atom. The lowest BCUT2D eigenvalue weighted by Crippen LogP contribution is -2.56. The standard InChI is InChI=1S/C40H47F3N6O5/c1-39(2,3)54-38(52)44-17-28(51)21-49-25-8-9-26(49)20-47(19-25)36-30-11-10-29(31-15-27(50)14-23-6-4-7-32(42)33(23)31)34(43)35(30)45-37(46-36)53-22-40-12-5-13-48(40)18-24(41)16-40/h4,6-7,10-11,14-15,24-26,28,50-51H,5,8-9,12-13,16-22H2,1-3H3,(H,44,52)/t24-,25-,26+,28+,40+/m1/s1. The third-order valence-electron chi connectivity index (χ3n) is 11.4. The minimum absolute atomic E-state index is 0.00526. The fourth-order valence-electron chi connectivity index (χ4n) is 9.15. The van der Waals surface area contributed by atoms with Crippen LogP contribution in [0.15, 0.2) is 42.5 Å². The zero-order chi connectivity index (χ0) is 37.9. The molecule has 11 nitrogen and oxygen atoms in total. The summed E-state index contributed by atoms with van der Waals surface area (Å²) >= 11 is 0. The molecule has 5 heterocycles. The van der Waals surface area contributed by atoms with Crippen LogP contribution >= 0.6 is 0 Å². The number of phenols is 1. The van der Waals surface area contributed by atoms with E-state index in [1.54, 1.807) is 39.0 Å². The van der Waals surface area contributed by atoms with Crippen LogP contribution in [0.3, 0.4) is 0 Å². The van der Waals surface area contributed by atoms with E-state index in [1.807, 2.05) is 0 Å². The normalized spacial score (nSPS) is 25.0. The number of nitrogens with one attached hydrogen (secondary N) is 1. The Balaban J connectivity index is 1.11. The Bertz CT molecular complexity index is 2070. The van der Waals surface area contributed by atoms with Crippen molar-refractivity contribution in [3.05, 3.63) is 54.1 Å². The molecule has 0 aliphatic carbocycles. The van der Waals surface area contributed by atoms with Crippen LogP contribution in [-0.2, 0) is 4.74 Å². The average Bonchev–Trinajstić information content (AvgIpc) is 3.70. The van der Waals surface area contributed by atoms with E-state index >= 15 is 8.78 Å². The number of piperazine rings is 1. The molecule has 4 aliphatic heterocycles. The number of alkyl carbamates (subject to hydrolysis) is 1. The Morgan fingerprint density at radius 1 is 1.07 bits per heavy atom. The van der Waals surface area contributed by atoms with E-state index in [-0.39, 0.29) is 59.0 Å². The van der Waals surface area contributed by atoms with Crippen molar-refractivity contribution < 1.29 is 37.7 Å². The molecule has 5 atom stereocenters. The number of hydrogen-bond acceptors (Lipinski definition) is 10. The van der Waals surface area contributed by atoms with E-state index in [2.05, 4.69) is 25.0 Å². The van der Waals surface area contributed by atoms with Gasteiger partial charge in [0.1, 0.15) is 41.3 Å². The van der Waals surface area contributed by atoms with Gasteiger partial charge >= 0.3 is 12.1 Å². The number of hydrogen-bond donors (Lipinski definition) is 3. The zero-order valence-electron chi connectivity index (χ0n) is 30.8. The van der Waals surface area contributed by atoms with Crippen LogP contribution in [-0.4, -0.2) is 117 Å². The molecule has 54 heavy (non-hydrogen) atoms. The molecule has 0 spiro atoms. The van der Waals surface area contributed by atoms with Crippen molar-refractivity contribution in [3.63, 3.8) is 0 Å². The fourth-order valence-corrected chi connectivity index (χ4v) is 9.15. The van der Waals surface area contributed by atoms with Crippen molar-refractivity contribution >= 4 is 33.6 Å². The minimum Gasteiger partial charge on any atom is -0.508 e. The average molecular weight is 749 g/mol. The molecule has 4 aliphatic rings. The van der Waals surface area contributed by atoms with E-state index in [9.17, 15) is 19.4 Å². The molecule has 3 N–H and O–H groups in total. The highest BCUT2D eigenvalue weighted by Gasteiger charge is 2.49. The Morgan fingerprint density at radius 3 is 2.61 bits per heavy atom. The number of amides is 1. The molecule has 1 amide bonds. The molecule has 0 unspecified atom stereocenters. The number of fused-ring (bicyclic) bond motifs is 5. The maximum absolute atomic E-state index is 17.0. The van der Waals surface area contributed by atoms with Gasteiger partial charge in [0.05, 0.1) is 11.6 Å². The van der Waals surface area contributed by atoms with Crippen molar-refractivity contribution in [2.45, 2.75) is 88.4 Å². The number of aromatic nitrogens is 2. The first-order valence-corrected chi connectivity index (χ1v) is 18.9. The van der Waals surface area contributed by atoms with Crippen LogP contribution in [0.25, 0.3) is 32.8 Å². The van der Waals surface area contributed by atoms with E-state index in [1.165, 1.54) is 24.3 Å². The molecular weight excluding hydrogens is 701 g/mol. The van der Waals surface area contributed by atoms with Gasteiger partial charge in [-0.3, -0.25) is 9.80 Å². The lowest BCUT2D eigenvalue weighted by atomic mass is 9.95. The number of rotatable bonds is 9. The molecule has 288 valence electrons. The van der Waals surface area contributed by atoms with E-state index in [4.69, 9.17) is 14.5 Å². The first-order valence-electron chi connectivity index (χ1n) is 18.9. The van der Waals surface area contributed by atoms with Crippen molar-refractivity contribution in [1.29, 1.82) is 0 Å². The SMILES string of the molecule is CC(C)(C)OC(=O)NC[C@H](O)CN1[C@@H]2CC[C@H]1CN(c1nc(OC[C@@]34CCCN3C[C@H](F)C4)nc3c(F)c(-c4cc(O)cc5cccc(F)c45)ccc13)C2. The molecule has 4 fully saturated rings. The van der Waals surface area contributed by atoms with Gasteiger partial charge in [0.15, 0.2) is 5.82 Å². The van der Waals surface area contributed by atoms with Crippen LogP contribution < -0.4 is 15.0 Å². The molecular formula is C40H47F3N6O5. The number of nitrogens with zero attached hydrogens (tertiary/aromatic N) is 5. The number of alkyl halides is 1. The highest BCUT2D eigenvalue weighted by atomic mass is 19.1. The number of aliphatic hydroxyl groups is 1. The zero-order valence-corrected chi connectivity index (χ0v) is 30.8. The summed E-state index contributed by atoms with van der Waals surface area (Å²) in [5, 5.41) is 25.1. The van der Waals surface area contributed by atoms with Gasteiger partial charge in [-0.25, -0.2) is 18.0 Å². The number of ether oxygens (including phenoxy) is 2. The Kier molecular flexibility index (Phi) is 9.50. The lowest BCUT2D eigenvalue weighted by molar-refractivity contribution is 0.0433. The number of anilines is 1. The summed E-state index contributed by atoms with van der Waals surface area (Å²) in [6.07, 6.45) is 1.50. The molecule has 0 radical (unpaired) electrons. The lowest BCUT2D eigenvalue weighted by Gasteiger charge is -2.42. The number of aliphatic hydroxyl groups excluding tert-OH is 1. The van der Waals surface area contributed by atoms with Crippen molar-refractivity contribution in [1.82, 2.24) is 25.1 Å². The van der Waals surface area contributed by atoms with Gasteiger partial charge < -0.3 is 29.9 Å². The van der Waals surface area contributed by atoms with Crippen molar-refractivity contribution in [2.75, 3.05) is 50.8 Å². The highest BCUT2D eigenvalue weighted by Crippen LogP contribution is 2.43. The predicted octanol–water partition coefficient (Wildman–Crippen LogP) is 5.93. The van der Waals surface area contributed by atoms with Crippen molar-refractivity contribution in [2.24, 2.45) is 0 Å². The van der Waals surface area contributed by atoms with Gasteiger partial charge in [0.2, 0.25) is 0 Å². The number of carbonyl (C=O) groups excluding carboxylic acids is 1. The van der Waals surface area contributed by atoms with Gasteiger partial charge in [0.25, 0.3) is 0 Å². The van der Waals surface area contributed by atoms with Crippen LogP contribution in [0.4, 0.5) is 23.8 Å². The third kappa shape index (κ3) is 6.99. The minimum atomic E-state index is -0.946. The van der Waals surface area contributed by atoms with Gasteiger partial charge in [-0.1, -0.05) is 18.2 Å². The smallest absolute Gasteiger partial charge is 0.407 e. The van der Waals surface area contributed by atoms with E-state index in [0.717, 1.165) is 32.2 Å². The fraction of sp³-hybridized carbons (Fsp3) is 0.525. The van der Waals surface area contributed by atoms with E-state index < -0.39 is 41.1 Å². The number of aromatic hydroxyl groups is 1. The molecule has 8 rings (SSSR count). The topological polar surface area (TPSA) is 124 Å². The molecule has 3 aromatic carbocycles. The van der Waals surface area contributed by atoms with Gasteiger partial charge in [-0.2, -0.15) is 9.97 Å². The summed E-state index contributed by atoms with van der Waals surface area (Å²) in [6.45, 7) is 8.14. The Labute approximate surface area is 312 Å².